The van der Waals surface area contributed by atoms with Crippen LogP contribution in [0, 0.1) is 5.82 Å². The average Bonchev–Trinajstić information content (AvgIpc) is 3.30. The van der Waals surface area contributed by atoms with Crippen LogP contribution in [0.1, 0.15) is 30.1 Å². The van der Waals surface area contributed by atoms with Crippen LogP contribution in [-0.4, -0.2) is 24.1 Å². The molecule has 1 saturated carbocycles. The van der Waals surface area contributed by atoms with Gasteiger partial charge in [0, 0.05) is 32.8 Å². The van der Waals surface area contributed by atoms with Crippen LogP contribution in [0.5, 0.6) is 0 Å². The Morgan fingerprint density at radius 2 is 2.10 bits per heavy atom. The lowest BCUT2D eigenvalue weighted by Crippen LogP contribution is -2.11. The van der Waals surface area contributed by atoms with E-state index in [0.29, 0.717) is 18.2 Å². The van der Waals surface area contributed by atoms with E-state index in [1.54, 1.807) is 23.2 Å². The number of hydrogen-bond acceptors (Lipinski definition) is 4. The van der Waals surface area contributed by atoms with Crippen molar-refractivity contribution in [3.05, 3.63) is 47.7 Å². The van der Waals surface area contributed by atoms with E-state index < -0.39 is 0 Å². The SMILES string of the molecule is CN(C)c1ccc(CNc2ccnc(C3CC3)n2)cc1F. The summed E-state index contributed by atoms with van der Waals surface area (Å²) >= 11 is 0. The minimum atomic E-state index is -0.208. The van der Waals surface area contributed by atoms with Crippen molar-refractivity contribution in [3.63, 3.8) is 0 Å². The van der Waals surface area contributed by atoms with E-state index in [0.717, 1.165) is 17.2 Å². The molecule has 0 aliphatic heterocycles. The van der Waals surface area contributed by atoms with Crippen molar-refractivity contribution in [2.45, 2.75) is 25.3 Å². The van der Waals surface area contributed by atoms with Gasteiger partial charge in [-0.25, -0.2) is 14.4 Å². The summed E-state index contributed by atoms with van der Waals surface area (Å²) in [4.78, 5) is 10.5. The summed E-state index contributed by atoms with van der Waals surface area (Å²) in [5, 5.41) is 3.23. The van der Waals surface area contributed by atoms with E-state index >= 15 is 0 Å². The number of nitrogens with zero attached hydrogens (tertiary/aromatic N) is 3. The molecule has 0 spiro atoms. The lowest BCUT2D eigenvalue weighted by atomic mass is 10.2. The maximum absolute atomic E-state index is 13.9. The molecule has 0 saturated heterocycles. The Morgan fingerprint density at radius 3 is 2.76 bits per heavy atom. The standard InChI is InChI=1S/C16H19FN4/c1-21(2)14-6-3-11(9-13(14)17)10-19-15-7-8-18-16(20-15)12-4-5-12/h3,6-9,12H,4-5,10H2,1-2H3,(H,18,19,20). The molecule has 0 radical (unpaired) electrons. The predicted octanol–water partition coefficient (Wildman–Crippen LogP) is 3.17. The Kier molecular flexibility index (Phi) is 3.73. The molecule has 0 bridgehead atoms. The number of benzene rings is 1. The topological polar surface area (TPSA) is 41.0 Å². The summed E-state index contributed by atoms with van der Waals surface area (Å²) in [7, 11) is 3.66. The molecule has 1 aliphatic rings. The van der Waals surface area contributed by atoms with Crippen LogP contribution in [0.2, 0.25) is 0 Å². The van der Waals surface area contributed by atoms with E-state index in [-0.39, 0.29) is 5.82 Å². The second-order valence-electron chi connectivity index (χ2n) is 5.61. The highest BCUT2D eigenvalue weighted by Crippen LogP contribution is 2.38. The van der Waals surface area contributed by atoms with Crippen molar-refractivity contribution in [1.82, 2.24) is 9.97 Å². The van der Waals surface area contributed by atoms with Gasteiger partial charge in [-0.05, 0) is 36.6 Å². The highest BCUT2D eigenvalue weighted by molar-refractivity contribution is 5.48. The molecule has 0 unspecified atom stereocenters. The second kappa shape index (κ2) is 5.68. The third-order valence-corrected chi connectivity index (χ3v) is 3.58. The zero-order valence-electron chi connectivity index (χ0n) is 12.3. The third-order valence-electron chi connectivity index (χ3n) is 3.58. The smallest absolute Gasteiger partial charge is 0.146 e. The Morgan fingerprint density at radius 1 is 1.29 bits per heavy atom. The molecule has 0 amide bonds. The largest absolute Gasteiger partial charge is 0.375 e. The lowest BCUT2D eigenvalue weighted by molar-refractivity contribution is 0.624. The van der Waals surface area contributed by atoms with Gasteiger partial charge in [0.15, 0.2) is 0 Å². The van der Waals surface area contributed by atoms with Crippen molar-refractivity contribution in [2.24, 2.45) is 0 Å². The predicted molar refractivity (Wildman–Crippen MR) is 82.1 cm³/mol. The molecule has 1 N–H and O–H groups in total. The normalized spacial score (nSPS) is 14.0. The van der Waals surface area contributed by atoms with Crippen molar-refractivity contribution < 1.29 is 4.39 Å². The van der Waals surface area contributed by atoms with Gasteiger partial charge in [-0.15, -0.1) is 0 Å². The maximum atomic E-state index is 13.9. The number of anilines is 2. The van der Waals surface area contributed by atoms with Crippen LogP contribution in [0.4, 0.5) is 15.9 Å². The summed E-state index contributed by atoms with van der Waals surface area (Å²) in [5.74, 6) is 2.03. The molecule has 1 heterocycles. The van der Waals surface area contributed by atoms with Crippen molar-refractivity contribution in [1.29, 1.82) is 0 Å². The van der Waals surface area contributed by atoms with Crippen LogP contribution in [0.15, 0.2) is 30.5 Å². The number of halogens is 1. The molecule has 3 rings (SSSR count). The number of rotatable bonds is 5. The minimum absolute atomic E-state index is 0.208. The monoisotopic (exact) mass is 286 g/mol. The Hall–Kier alpha value is -2.17. The van der Waals surface area contributed by atoms with Crippen LogP contribution >= 0.6 is 0 Å². The average molecular weight is 286 g/mol. The van der Waals surface area contributed by atoms with E-state index in [2.05, 4.69) is 15.3 Å². The fraction of sp³-hybridized carbons (Fsp3) is 0.375. The van der Waals surface area contributed by atoms with Gasteiger partial charge in [0.2, 0.25) is 0 Å². The Balaban J connectivity index is 1.67. The molecular formula is C16H19FN4. The zero-order valence-corrected chi connectivity index (χ0v) is 12.3. The van der Waals surface area contributed by atoms with Crippen molar-refractivity contribution >= 4 is 11.5 Å². The van der Waals surface area contributed by atoms with Gasteiger partial charge < -0.3 is 10.2 Å². The van der Waals surface area contributed by atoms with Crippen molar-refractivity contribution in [3.8, 4) is 0 Å². The second-order valence-corrected chi connectivity index (χ2v) is 5.61. The highest BCUT2D eigenvalue weighted by Gasteiger charge is 2.26. The molecule has 0 atom stereocenters. The first-order valence-corrected chi connectivity index (χ1v) is 7.16. The van der Waals surface area contributed by atoms with Gasteiger partial charge in [-0.2, -0.15) is 0 Å². The zero-order chi connectivity index (χ0) is 14.8. The molecule has 110 valence electrons. The molecule has 5 heteroatoms. The first-order chi connectivity index (χ1) is 10.1. The molecule has 1 fully saturated rings. The fourth-order valence-corrected chi connectivity index (χ4v) is 2.23. The summed E-state index contributed by atoms with van der Waals surface area (Å²) in [6.45, 7) is 0.547. The van der Waals surface area contributed by atoms with E-state index in [1.165, 1.54) is 12.8 Å². The Bertz CT molecular complexity index is 638. The first-order valence-electron chi connectivity index (χ1n) is 7.16. The highest BCUT2D eigenvalue weighted by atomic mass is 19.1. The quantitative estimate of drug-likeness (QED) is 0.916. The van der Waals surface area contributed by atoms with Crippen LogP contribution in [0.25, 0.3) is 0 Å². The number of nitrogens with one attached hydrogen (secondary N) is 1. The molecule has 2 aromatic rings. The molecule has 4 nitrogen and oxygen atoms in total. The van der Waals surface area contributed by atoms with Gasteiger partial charge in [0.1, 0.15) is 17.5 Å². The van der Waals surface area contributed by atoms with Gasteiger partial charge in [-0.3, -0.25) is 0 Å². The van der Waals surface area contributed by atoms with E-state index in [1.807, 2.05) is 26.2 Å². The van der Waals surface area contributed by atoms with Crippen molar-refractivity contribution in [2.75, 3.05) is 24.3 Å². The van der Waals surface area contributed by atoms with Gasteiger partial charge in [0.25, 0.3) is 0 Å². The van der Waals surface area contributed by atoms with Crippen LogP contribution in [-0.2, 0) is 6.54 Å². The molecule has 21 heavy (non-hydrogen) atoms. The number of hydrogen-bond donors (Lipinski definition) is 1. The third kappa shape index (κ3) is 3.29. The molecule has 1 aromatic carbocycles. The van der Waals surface area contributed by atoms with E-state index in [9.17, 15) is 4.39 Å². The van der Waals surface area contributed by atoms with E-state index in [4.69, 9.17) is 0 Å². The van der Waals surface area contributed by atoms with Gasteiger partial charge in [-0.1, -0.05) is 6.07 Å². The van der Waals surface area contributed by atoms with Crippen LogP contribution < -0.4 is 10.2 Å². The summed E-state index contributed by atoms with van der Waals surface area (Å²) in [6, 6.07) is 7.12. The Labute approximate surface area is 124 Å². The summed E-state index contributed by atoms with van der Waals surface area (Å²) in [6.07, 6.45) is 4.14. The summed E-state index contributed by atoms with van der Waals surface area (Å²) in [5.41, 5.74) is 1.49. The molecule has 1 aromatic heterocycles. The lowest BCUT2D eigenvalue weighted by Gasteiger charge is -2.14. The fourth-order valence-electron chi connectivity index (χ4n) is 2.23. The molecular weight excluding hydrogens is 267 g/mol. The molecule has 1 aliphatic carbocycles. The first kappa shape index (κ1) is 13.8. The van der Waals surface area contributed by atoms with Gasteiger partial charge in [0.05, 0.1) is 5.69 Å². The number of aromatic nitrogens is 2. The van der Waals surface area contributed by atoms with Gasteiger partial charge >= 0.3 is 0 Å². The van der Waals surface area contributed by atoms with Crippen LogP contribution in [0.3, 0.4) is 0 Å². The maximum Gasteiger partial charge on any atom is 0.146 e. The summed E-state index contributed by atoms with van der Waals surface area (Å²) < 4.78 is 13.9. The minimum Gasteiger partial charge on any atom is -0.375 e.